The van der Waals surface area contributed by atoms with Crippen LogP contribution in [0.3, 0.4) is 0 Å². The van der Waals surface area contributed by atoms with E-state index in [9.17, 15) is 8.78 Å². The van der Waals surface area contributed by atoms with Crippen molar-refractivity contribution in [1.82, 2.24) is 15.0 Å². The minimum absolute atomic E-state index is 0.0806. The molecule has 0 aliphatic heterocycles. The van der Waals surface area contributed by atoms with Gasteiger partial charge in [0.1, 0.15) is 17.4 Å². The molecule has 0 aliphatic rings. The first-order chi connectivity index (χ1) is 10.1. The number of anilines is 1. The van der Waals surface area contributed by atoms with Gasteiger partial charge in [-0.25, -0.2) is 15.0 Å². The molecule has 7 heteroatoms. The van der Waals surface area contributed by atoms with E-state index in [-0.39, 0.29) is 22.6 Å². The Bertz CT molecular complexity index is 781. The van der Waals surface area contributed by atoms with E-state index in [1.807, 2.05) is 18.2 Å². The van der Waals surface area contributed by atoms with Gasteiger partial charge in [0.05, 0.1) is 5.69 Å². The van der Waals surface area contributed by atoms with Crippen LogP contribution in [-0.4, -0.2) is 21.6 Å². The molecule has 0 fully saturated rings. The second-order valence-corrected chi connectivity index (χ2v) is 4.21. The fourth-order valence-corrected chi connectivity index (χ4v) is 1.97. The molecule has 21 heavy (non-hydrogen) atoms. The first kappa shape index (κ1) is 13.2. The molecule has 0 saturated heterocycles. The highest BCUT2D eigenvalue weighted by molar-refractivity contribution is 5.90. The van der Waals surface area contributed by atoms with Gasteiger partial charge in [0.15, 0.2) is 11.6 Å². The summed E-state index contributed by atoms with van der Waals surface area (Å²) in [6.45, 7) is -2.96. The summed E-state index contributed by atoms with van der Waals surface area (Å²) < 4.78 is 29.7. The number of ether oxygens (including phenoxy) is 1. The third kappa shape index (κ3) is 2.58. The predicted molar refractivity (Wildman–Crippen MR) is 73.8 cm³/mol. The van der Waals surface area contributed by atoms with Crippen molar-refractivity contribution in [2.45, 2.75) is 6.61 Å². The third-order valence-electron chi connectivity index (χ3n) is 2.87. The highest BCUT2D eigenvalue weighted by Gasteiger charge is 2.15. The predicted octanol–water partition coefficient (Wildman–Crippen LogP) is 2.88. The highest BCUT2D eigenvalue weighted by atomic mass is 19.3. The quantitative estimate of drug-likeness (QED) is 0.802. The van der Waals surface area contributed by atoms with Crippen LogP contribution in [0.1, 0.15) is 0 Å². The molecule has 0 radical (unpaired) electrons. The minimum atomic E-state index is -2.96. The molecule has 0 aliphatic carbocycles. The summed E-state index contributed by atoms with van der Waals surface area (Å²) in [5, 5.41) is 0. The molecule has 0 amide bonds. The van der Waals surface area contributed by atoms with Gasteiger partial charge in [-0.15, -0.1) is 0 Å². The first-order valence-corrected chi connectivity index (χ1v) is 6.06. The van der Waals surface area contributed by atoms with Gasteiger partial charge >= 0.3 is 6.61 Å². The van der Waals surface area contributed by atoms with Crippen LogP contribution in [0.25, 0.3) is 22.3 Å². The van der Waals surface area contributed by atoms with Gasteiger partial charge in [-0.05, 0) is 0 Å². The molecule has 0 spiro atoms. The maximum atomic E-state index is 12.6. The summed E-state index contributed by atoms with van der Waals surface area (Å²) in [4.78, 5) is 12.1. The molecule has 0 unspecified atom stereocenters. The van der Waals surface area contributed by atoms with Crippen molar-refractivity contribution in [3.05, 3.63) is 42.7 Å². The van der Waals surface area contributed by atoms with Gasteiger partial charge in [0, 0.05) is 11.6 Å². The summed E-state index contributed by atoms with van der Waals surface area (Å²) in [7, 11) is 0. The van der Waals surface area contributed by atoms with Crippen LogP contribution >= 0.6 is 0 Å². The summed E-state index contributed by atoms with van der Waals surface area (Å²) in [5.74, 6) is 0.0276. The molecule has 3 aromatic rings. The standard InChI is InChI=1S/C14H10F2N4O/c15-14(16)21-10-6-9(8-4-2-1-3-5-8)20-12-11(10)18-7-19-13(12)17/h1-7,14H,(H2,17,18,19). The van der Waals surface area contributed by atoms with Crippen LogP contribution in [0, 0.1) is 0 Å². The Morgan fingerprint density at radius 3 is 2.52 bits per heavy atom. The average molecular weight is 288 g/mol. The molecule has 1 aromatic carbocycles. The van der Waals surface area contributed by atoms with Gasteiger partial charge in [-0.1, -0.05) is 30.3 Å². The van der Waals surface area contributed by atoms with E-state index in [2.05, 4.69) is 19.7 Å². The number of aromatic nitrogens is 3. The van der Waals surface area contributed by atoms with Crippen LogP contribution < -0.4 is 10.5 Å². The topological polar surface area (TPSA) is 73.9 Å². The molecule has 0 bridgehead atoms. The Balaban J connectivity index is 2.25. The zero-order chi connectivity index (χ0) is 14.8. The molecule has 0 saturated carbocycles. The zero-order valence-electron chi connectivity index (χ0n) is 10.7. The Hall–Kier alpha value is -2.83. The summed E-state index contributed by atoms with van der Waals surface area (Å²) >= 11 is 0. The average Bonchev–Trinajstić information content (AvgIpc) is 2.48. The lowest BCUT2D eigenvalue weighted by molar-refractivity contribution is -0.0489. The first-order valence-electron chi connectivity index (χ1n) is 6.06. The molecular weight excluding hydrogens is 278 g/mol. The van der Waals surface area contributed by atoms with Gasteiger partial charge in [-0.3, -0.25) is 0 Å². The van der Waals surface area contributed by atoms with Crippen LogP contribution in [0.15, 0.2) is 42.7 Å². The summed E-state index contributed by atoms with van der Waals surface area (Å²) in [6, 6.07) is 10.5. The number of rotatable bonds is 3. The normalized spacial score (nSPS) is 11.0. The smallest absolute Gasteiger partial charge is 0.387 e. The van der Waals surface area contributed by atoms with Gasteiger partial charge < -0.3 is 10.5 Å². The van der Waals surface area contributed by atoms with E-state index in [4.69, 9.17) is 5.73 Å². The van der Waals surface area contributed by atoms with Crippen molar-refractivity contribution in [1.29, 1.82) is 0 Å². The number of pyridine rings is 1. The number of hydrogen-bond acceptors (Lipinski definition) is 5. The number of fused-ring (bicyclic) bond motifs is 1. The molecular formula is C14H10F2N4O. The SMILES string of the molecule is Nc1ncnc2c(OC(F)F)cc(-c3ccccc3)nc12. The van der Waals surface area contributed by atoms with E-state index in [0.717, 1.165) is 5.56 Å². The second kappa shape index (κ2) is 5.28. The van der Waals surface area contributed by atoms with E-state index in [0.29, 0.717) is 5.69 Å². The molecule has 0 atom stereocenters. The Kier molecular flexibility index (Phi) is 3.31. The number of halogens is 2. The van der Waals surface area contributed by atoms with E-state index in [1.165, 1.54) is 12.4 Å². The molecule has 106 valence electrons. The maximum absolute atomic E-state index is 12.6. The minimum Gasteiger partial charge on any atom is -0.432 e. The van der Waals surface area contributed by atoms with Gasteiger partial charge in [0.2, 0.25) is 0 Å². The molecule has 3 rings (SSSR count). The van der Waals surface area contributed by atoms with Crippen LogP contribution in [0.2, 0.25) is 0 Å². The van der Waals surface area contributed by atoms with E-state index in [1.54, 1.807) is 12.1 Å². The summed E-state index contributed by atoms with van der Waals surface area (Å²) in [6.07, 6.45) is 1.18. The van der Waals surface area contributed by atoms with E-state index < -0.39 is 6.61 Å². The molecule has 5 nitrogen and oxygen atoms in total. The van der Waals surface area contributed by atoms with E-state index >= 15 is 0 Å². The van der Waals surface area contributed by atoms with Crippen molar-refractivity contribution >= 4 is 16.9 Å². The fraction of sp³-hybridized carbons (Fsp3) is 0.0714. The number of benzene rings is 1. The van der Waals surface area contributed by atoms with Crippen molar-refractivity contribution in [2.24, 2.45) is 0 Å². The number of nitrogens with two attached hydrogens (primary N) is 1. The largest absolute Gasteiger partial charge is 0.432 e. The van der Waals surface area contributed by atoms with Crippen molar-refractivity contribution in [3.8, 4) is 17.0 Å². The monoisotopic (exact) mass is 288 g/mol. The van der Waals surface area contributed by atoms with Crippen molar-refractivity contribution < 1.29 is 13.5 Å². The van der Waals surface area contributed by atoms with Crippen LogP contribution in [-0.2, 0) is 0 Å². The Morgan fingerprint density at radius 2 is 1.81 bits per heavy atom. The number of alkyl halides is 2. The number of nitrogens with zero attached hydrogens (tertiary/aromatic N) is 3. The Morgan fingerprint density at radius 1 is 1.05 bits per heavy atom. The maximum Gasteiger partial charge on any atom is 0.387 e. The van der Waals surface area contributed by atoms with Gasteiger partial charge in [0.25, 0.3) is 0 Å². The number of hydrogen-bond donors (Lipinski definition) is 1. The third-order valence-corrected chi connectivity index (χ3v) is 2.87. The lowest BCUT2D eigenvalue weighted by Crippen LogP contribution is -2.05. The Labute approximate surface area is 118 Å². The molecule has 2 aromatic heterocycles. The van der Waals surface area contributed by atoms with Crippen molar-refractivity contribution in [3.63, 3.8) is 0 Å². The lowest BCUT2D eigenvalue weighted by Gasteiger charge is -2.10. The fourth-order valence-electron chi connectivity index (χ4n) is 1.97. The molecule has 2 N–H and O–H groups in total. The zero-order valence-corrected chi connectivity index (χ0v) is 10.7. The van der Waals surface area contributed by atoms with Crippen molar-refractivity contribution in [2.75, 3.05) is 5.73 Å². The van der Waals surface area contributed by atoms with Crippen LogP contribution in [0.5, 0.6) is 5.75 Å². The molecule has 2 heterocycles. The van der Waals surface area contributed by atoms with Gasteiger partial charge in [-0.2, -0.15) is 8.78 Å². The lowest BCUT2D eigenvalue weighted by atomic mass is 10.1. The second-order valence-electron chi connectivity index (χ2n) is 4.21. The van der Waals surface area contributed by atoms with Crippen LogP contribution in [0.4, 0.5) is 14.6 Å². The highest BCUT2D eigenvalue weighted by Crippen LogP contribution is 2.31. The number of nitrogen functional groups attached to an aromatic ring is 1. The summed E-state index contributed by atoms with van der Waals surface area (Å²) in [5.41, 5.74) is 7.34.